The van der Waals surface area contributed by atoms with Crippen molar-refractivity contribution in [2.75, 3.05) is 14.2 Å². The van der Waals surface area contributed by atoms with E-state index in [1.807, 2.05) is 24.3 Å². The first-order chi connectivity index (χ1) is 11.2. The number of rotatable bonds is 6. The zero-order valence-electron chi connectivity index (χ0n) is 12.7. The Morgan fingerprint density at radius 1 is 1.26 bits per heavy atom. The predicted octanol–water partition coefficient (Wildman–Crippen LogP) is 3.23. The van der Waals surface area contributed by atoms with Crippen LogP contribution in [0.2, 0.25) is 5.02 Å². The van der Waals surface area contributed by atoms with Gasteiger partial charge in [-0.15, -0.1) is 11.8 Å². The number of halogens is 1. The molecule has 0 spiro atoms. The summed E-state index contributed by atoms with van der Waals surface area (Å²) in [5.74, 6) is 1.98. The second-order valence-corrected chi connectivity index (χ2v) is 6.15. The summed E-state index contributed by atoms with van der Waals surface area (Å²) in [4.78, 5) is 8.54. The number of fused-ring (bicyclic) bond motifs is 1. The second-order valence-electron chi connectivity index (χ2n) is 4.75. The van der Waals surface area contributed by atoms with Crippen molar-refractivity contribution in [3.05, 3.63) is 46.9 Å². The fraction of sp³-hybridized carbons (Fsp3) is 0.267. The fourth-order valence-corrected chi connectivity index (χ4v) is 3.36. The van der Waals surface area contributed by atoms with Crippen LogP contribution < -0.4 is 4.74 Å². The van der Waals surface area contributed by atoms with Crippen LogP contribution in [0.1, 0.15) is 11.3 Å². The molecule has 0 aliphatic heterocycles. The first-order valence-corrected chi connectivity index (χ1v) is 8.21. The van der Waals surface area contributed by atoms with Crippen LogP contribution in [0.25, 0.3) is 5.78 Å². The molecule has 0 amide bonds. The third-order valence-electron chi connectivity index (χ3n) is 3.17. The molecule has 1 aromatic carbocycles. The van der Waals surface area contributed by atoms with E-state index in [0.717, 1.165) is 22.0 Å². The van der Waals surface area contributed by atoms with Gasteiger partial charge in [-0.2, -0.15) is 14.6 Å². The Kier molecular flexibility index (Phi) is 5.00. The van der Waals surface area contributed by atoms with Gasteiger partial charge in [0.25, 0.3) is 5.78 Å². The standard InChI is InChI=1S/C15H15ClN4O2S/c1-21-7-11-6-14(20-15(19-11)17-9-18-20)23-8-10-3-4-13(22-2)12(16)5-10/h3-6,9H,7-8H2,1-2H3. The quantitative estimate of drug-likeness (QED) is 0.502. The molecule has 0 saturated heterocycles. The first kappa shape index (κ1) is 16.0. The molecule has 0 aliphatic rings. The Hall–Kier alpha value is -1.83. The lowest BCUT2D eigenvalue weighted by molar-refractivity contribution is 0.181. The minimum atomic E-state index is 0.436. The van der Waals surface area contributed by atoms with Gasteiger partial charge in [-0.3, -0.25) is 0 Å². The van der Waals surface area contributed by atoms with Crippen molar-refractivity contribution in [2.24, 2.45) is 0 Å². The molecule has 0 atom stereocenters. The zero-order chi connectivity index (χ0) is 16.2. The summed E-state index contributed by atoms with van der Waals surface area (Å²) in [6, 6.07) is 7.73. The number of hydrogen-bond donors (Lipinski definition) is 0. The van der Waals surface area contributed by atoms with E-state index < -0.39 is 0 Å². The van der Waals surface area contributed by atoms with Crippen LogP contribution in [0, 0.1) is 0 Å². The molecule has 120 valence electrons. The number of methoxy groups -OCH3 is 2. The third-order valence-corrected chi connectivity index (χ3v) is 4.53. The van der Waals surface area contributed by atoms with Crippen LogP contribution in [-0.4, -0.2) is 33.8 Å². The topological polar surface area (TPSA) is 61.5 Å². The van der Waals surface area contributed by atoms with Crippen LogP contribution in [0.3, 0.4) is 0 Å². The Morgan fingerprint density at radius 3 is 2.87 bits per heavy atom. The number of aromatic nitrogens is 4. The van der Waals surface area contributed by atoms with Gasteiger partial charge in [0.1, 0.15) is 17.1 Å². The molecular weight excluding hydrogens is 336 g/mol. The Bertz CT molecular complexity index is 824. The van der Waals surface area contributed by atoms with Crippen LogP contribution in [0.15, 0.2) is 35.6 Å². The molecule has 0 unspecified atom stereocenters. The Balaban J connectivity index is 1.83. The van der Waals surface area contributed by atoms with Gasteiger partial charge < -0.3 is 9.47 Å². The third kappa shape index (κ3) is 3.57. The monoisotopic (exact) mass is 350 g/mol. The Labute approximate surface area is 142 Å². The smallest absolute Gasteiger partial charge is 0.253 e. The van der Waals surface area contributed by atoms with Gasteiger partial charge in [0.2, 0.25) is 0 Å². The van der Waals surface area contributed by atoms with Crippen molar-refractivity contribution in [3.8, 4) is 5.75 Å². The maximum Gasteiger partial charge on any atom is 0.253 e. The van der Waals surface area contributed by atoms with Crippen molar-refractivity contribution in [2.45, 2.75) is 17.4 Å². The number of nitrogens with zero attached hydrogens (tertiary/aromatic N) is 4. The second kappa shape index (κ2) is 7.16. The Morgan fingerprint density at radius 2 is 2.13 bits per heavy atom. The highest BCUT2D eigenvalue weighted by Gasteiger charge is 2.09. The van der Waals surface area contributed by atoms with E-state index in [4.69, 9.17) is 21.1 Å². The number of thioether (sulfide) groups is 1. The summed E-state index contributed by atoms with van der Waals surface area (Å²) in [5.41, 5.74) is 1.92. The normalized spacial score (nSPS) is 11.1. The average Bonchev–Trinajstić information content (AvgIpc) is 3.01. The summed E-state index contributed by atoms with van der Waals surface area (Å²) in [6.45, 7) is 0.436. The van der Waals surface area contributed by atoms with Crippen molar-refractivity contribution in [3.63, 3.8) is 0 Å². The summed E-state index contributed by atoms with van der Waals surface area (Å²) >= 11 is 7.80. The predicted molar refractivity (Wildman–Crippen MR) is 89.1 cm³/mol. The number of benzene rings is 1. The fourth-order valence-electron chi connectivity index (χ4n) is 2.11. The molecule has 0 fully saturated rings. The average molecular weight is 351 g/mol. The van der Waals surface area contributed by atoms with E-state index in [-0.39, 0.29) is 0 Å². The molecule has 0 aliphatic carbocycles. The molecule has 6 nitrogen and oxygen atoms in total. The SMILES string of the molecule is COCc1cc(SCc2ccc(OC)c(Cl)c2)n2ncnc2n1. The molecule has 2 aromatic heterocycles. The lowest BCUT2D eigenvalue weighted by atomic mass is 10.2. The molecule has 8 heteroatoms. The van der Waals surface area contributed by atoms with Gasteiger partial charge in [-0.1, -0.05) is 17.7 Å². The molecule has 2 heterocycles. The van der Waals surface area contributed by atoms with Crippen molar-refractivity contribution in [1.82, 2.24) is 19.6 Å². The molecule has 23 heavy (non-hydrogen) atoms. The highest BCUT2D eigenvalue weighted by atomic mass is 35.5. The van der Waals surface area contributed by atoms with Crippen LogP contribution in [0.5, 0.6) is 5.75 Å². The van der Waals surface area contributed by atoms with E-state index in [9.17, 15) is 0 Å². The summed E-state index contributed by atoms with van der Waals surface area (Å²) < 4.78 is 12.0. The van der Waals surface area contributed by atoms with E-state index in [1.54, 1.807) is 30.5 Å². The van der Waals surface area contributed by atoms with Crippen LogP contribution >= 0.6 is 23.4 Å². The number of hydrogen-bond acceptors (Lipinski definition) is 6. The molecule has 0 saturated carbocycles. The maximum absolute atomic E-state index is 6.17. The first-order valence-electron chi connectivity index (χ1n) is 6.85. The molecule has 0 N–H and O–H groups in total. The van der Waals surface area contributed by atoms with Gasteiger partial charge in [-0.05, 0) is 23.8 Å². The van der Waals surface area contributed by atoms with Crippen molar-refractivity contribution in [1.29, 1.82) is 0 Å². The maximum atomic E-state index is 6.17. The highest BCUT2D eigenvalue weighted by Crippen LogP contribution is 2.29. The summed E-state index contributed by atoms with van der Waals surface area (Å²) in [6.07, 6.45) is 1.49. The largest absolute Gasteiger partial charge is 0.495 e. The zero-order valence-corrected chi connectivity index (χ0v) is 14.3. The van der Waals surface area contributed by atoms with Gasteiger partial charge in [0.15, 0.2) is 0 Å². The summed E-state index contributed by atoms with van der Waals surface area (Å²) in [5, 5.41) is 5.77. The van der Waals surface area contributed by atoms with Gasteiger partial charge in [0.05, 0.1) is 24.4 Å². The summed E-state index contributed by atoms with van der Waals surface area (Å²) in [7, 11) is 3.24. The molecule has 3 rings (SSSR count). The van der Waals surface area contributed by atoms with E-state index in [2.05, 4.69) is 15.1 Å². The van der Waals surface area contributed by atoms with Gasteiger partial charge >= 0.3 is 0 Å². The van der Waals surface area contributed by atoms with Crippen LogP contribution in [0.4, 0.5) is 0 Å². The number of ether oxygens (including phenoxy) is 2. The lowest BCUT2D eigenvalue weighted by Gasteiger charge is -2.08. The minimum Gasteiger partial charge on any atom is -0.495 e. The van der Waals surface area contributed by atoms with E-state index in [1.165, 1.54) is 6.33 Å². The van der Waals surface area contributed by atoms with Gasteiger partial charge in [0, 0.05) is 12.9 Å². The van der Waals surface area contributed by atoms with E-state index in [0.29, 0.717) is 23.2 Å². The van der Waals surface area contributed by atoms with Crippen molar-refractivity contribution < 1.29 is 9.47 Å². The van der Waals surface area contributed by atoms with Crippen molar-refractivity contribution >= 4 is 29.1 Å². The molecule has 3 aromatic rings. The molecule has 0 bridgehead atoms. The highest BCUT2D eigenvalue weighted by molar-refractivity contribution is 7.98. The van der Waals surface area contributed by atoms with E-state index >= 15 is 0 Å². The molecule has 0 radical (unpaired) electrons. The van der Waals surface area contributed by atoms with Gasteiger partial charge in [-0.25, -0.2) is 4.98 Å². The lowest BCUT2D eigenvalue weighted by Crippen LogP contribution is -2.01. The molecular formula is C15H15ClN4O2S. The van der Waals surface area contributed by atoms with Crippen LogP contribution in [-0.2, 0) is 17.1 Å². The minimum absolute atomic E-state index is 0.436.